The number of rotatable bonds is 17. The number of carbonyl (C=O) groups excluding carboxylic acids is 5. The average Bonchev–Trinajstić information content (AvgIpc) is 3.81. The van der Waals surface area contributed by atoms with Gasteiger partial charge >= 0.3 is 115 Å². The van der Waals surface area contributed by atoms with Crippen molar-refractivity contribution in [1.82, 2.24) is 9.97 Å². The smallest absolute Gasteiger partial charge is 1.00 e. The van der Waals surface area contributed by atoms with Crippen molar-refractivity contribution in [3.05, 3.63) is 34.0 Å². The molecule has 0 saturated heterocycles. The molecule has 4 rings (SSSR count). The van der Waals surface area contributed by atoms with Crippen molar-refractivity contribution in [2.45, 2.75) is 39.5 Å². The molecule has 0 fully saturated rings. The molecule has 59 heavy (non-hydrogen) atoms. The van der Waals surface area contributed by atoms with E-state index in [1.54, 1.807) is 32.0 Å². The molecule has 0 bridgehead atoms. The summed E-state index contributed by atoms with van der Waals surface area (Å²) < 4.78 is 26.6. The van der Waals surface area contributed by atoms with Crippen LogP contribution in [0.4, 0.5) is 0 Å². The Labute approximate surface area is 469 Å². The number of hydrogen-bond acceptors (Lipinski definition) is 17. The number of aromatic nitrogens is 2. The molecule has 0 unspecified atom stereocenters. The topological polar surface area (TPSA) is 210 Å². The van der Waals surface area contributed by atoms with E-state index in [-0.39, 0.29) is 174 Å². The summed E-state index contributed by atoms with van der Waals surface area (Å²) in [6.45, 7) is 3.59. The molecule has 322 valence electrons. The minimum Gasteiger partial charge on any atom is -1.00 e. The van der Waals surface area contributed by atoms with Gasteiger partial charge in [0.05, 0.1) is 77.1 Å². The second-order valence-electron chi connectivity index (χ2n) is 10.9. The summed E-state index contributed by atoms with van der Waals surface area (Å²) >= 11 is 16.7. The quantitative estimate of drug-likeness (QED) is 0.0228. The van der Waals surface area contributed by atoms with Crippen LogP contribution in [0, 0.1) is 11.8 Å². The molecule has 0 radical (unpaired) electrons. The van der Waals surface area contributed by atoms with E-state index in [0.717, 1.165) is 22.3 Å². The Bertz CT molecular complexity index is 1870. The zero-order valence-corrected chi connectivity index (χ0v) is 46.9. The fraction of sp³-hybridized carbons (Fsp3) is 0.457. The number of hydrogen-bond donors (Lipinski definition) is 1. The van der Waals surface area contributed by atoms with Crippen LogP contribution in [-0.2, 0) is 28.7 Å². The third kappa shape index (κ3) is 23.6. The summed E-state index contributed by atoms with van der Waals surface area (Å²) in [5, 5.41) is 19.1. The first-order chi connectivity index (χ1) is 26.3. The first kappa shape index (κ1) is 65.8. The molecule has 0 spiro atoms. The number of pyridine rings is 2. The maximum Gasteiger partial charge on any atom is 1.00 e. The van der Waals surface area contributed by atoms with Crippen LogP contribution < -0.4 is 122 Å². The van der Waals surface area contributed by atoms with E-state index in [0.29, 0.717) is 56.0 Å². The van der Waals surface area contributed by atoms with Gasteiger partial charge in [-0.3, -0.25) is 24.0 Å². The third-order valence-corrected chi connectivity index (χ3v) is 10.2. The minimum atomic E-state index is -0.497. The van der Waals surface area contributed by atoms with Crippen molar-refractivity contribution < 1.29 is 167 Å². The average molecular weight is 1060 g/mol. The summed E-state index contributed by atoms with van der Waals surface area (Å²) in [6.07, 6.45) is 1.95. The van der Waals surface area contributed by atoms with E-state index in [1.165, 1.54) is 57.2 Å². The van der Waals surface area contributed by atoms with Gasteiger partial charge in [0.25, 0.3) is 18.2 Å². The van der Waals surface area contributed by atoms with Gasteiger partial charge in [-0.15, -0.1) is 45.9 Å². The molecule has 4 aromatic heterocycles. The van der Waals surface area contributed by atoms with E-state index in [2.05, 4.69) is 40.3 Å². The van der Waals surface area contributed by atoms with Crippen LogP contribution in [0.15, 0.2) is 24.3 Å². The van der Waals surface area contributed by atoms with Crippen molar-refractivity contribution in [2.24, 2.45) is 11.8 Å². The Balaban J connectivity index is -0.000000263. The predicted octanol–water partition coefficient (Wildman–Crippen LogP) is 0.878. The number of aromatic hydroxyl groups is 1. The van der Waals surface area contributed by atoms with Crippen molar-refractivity contribution in [3.8, 4) is 23.3 Å². The van der Waals surface area contributed by atoms with Crippen LogP contribution in [0.2, 0.25) is 0 Å². The molecule has 0 saturated carbocycles. The zero-order valence-electron chi connectivity index (χ0n) is 34.9. The van der Waals surface area contributed by atoms with Gasteiger partial charge in [0.15, 0.2) is 23.1 Å². The summed E-state index contributed by atoms with van der Waals surface area (Å²) in [5.41, 5.74) is 1.23. The van der Waals surface area contributed by atoms with Crippen molar-refractivity contribution >= 4 is 139 Å². The number of ether oxygens (including phenoxy) is 5. The van der Waals surface area contributed by atoms with Crippen molar-refractivity contribution in [1.29, 1.82) is 0 Å². The molecule has 0 aliphatic heterocycles. The van der Waals surface area contributed by atoms with E-state index in [9.17, 15) is 24.3 Å². The Morgan fingerprint density at radius 2 is 1.24 bits per heavy atom. The van der Waals surface area contributed by atoms with Gasteiger partial charge in [-0.1, -0.05) is 29.8 Å². The van der Waals surface area contributed by atoms with E-state index in [4.69, 9.17) is 47.5 Å². The largest absolute Gasteiger partial charge is 1.00 e. The Hall–Kier alpha value is 0.163. The summed E-state index contributed by atoms with van der Waals surface area (Å²) in [5.74, 6) is 0.120. The normalized spacial score (nSPS) is 10.5. The number of carbonyl (C=O) groups is 5. The van der Waals surface area contributed by atoms with Gasteiger partial charge in [0.1, 0.15) is 0 Å². The fourth-order valence-corrected chi connectivity index (χ4v) is 6.97. The molecule has 2 atom stereocenters. The molecule has 4 heterocycles. The first-order valence-corrected chi connectivity index (χ1v) is 20.0. The second-order valence-corrected chi connectivity index (χ2v) is 14.6. The van der Waals surface area contributed by atoms with Gasteiger partial charge < -0.3 is 40.4 Å². The maximum absolute atomic E-state index is 12.4. The number of esters is 2. The molecular weight excluding hydrogens is 1010 g/mol. The van der Waals surface area contributed by atoms with Gasteiger partial charge in [-0.05, 0) is 25.0 Å². The molecular formula is C35H47BrCl2K2N2O13S4. The Morgan fingerprint density at radius 1 is 0.814 bits per heavy atom. The molecule has 1 N–H and O–H groups in total. The number of Topliss-reactive ketones (excluding diaryl/α,β-unsaturated/α-hetero) is 2. The maximum atomic E-state index is 12.4. The third-order valence-electron chi connectivity index (χ3n) is 6.85. The fourth-order valence-electron chi connectivity index (χ4n) is 4.16. The van der Waals surface area contributed by atoms with Crippen LogP contribution in [0.1, 0.15) is 60.3 Å². The van der Waals surface area contributed by atoms with Gasteiger partial charge in [0, 0.05) is 42.1 Å². The van der Waals surface area contributed by atoms with Crippen LogP contribution in [0.5, 0.6) is 23.3 Å². The molecule has 4 aromatic rings. The first-order valence-electron chi connectivity index (χ1n) is 16.2. The van der Waals surface area contributed by atoms with Crippen molar-refractivity contribution in [2.75, 3.05) is 52.1 Å². The summed E-state index contributed by atoms with van der Waals surface area (Å²) in [7, 11) is 5.52. The number of fused-ring (bicyclic) bond motifs is 2. The minimum absolute atomic E-state index is 0. The number of nitrogens with zero attached hydrogens (tertiary/aromatic N) is 2. The number of alkyl halides is 3. The molecule has 0 aliphatic rings. The number of ketones is 2. The summed E-state index contributed by atoms with van der Waals surface area (Å²) in [4.78, 5) is 68.2. The summed E-state index contributed by atoms with van der Waals surface area (Å²) in [6, 6.07) is 6.65. The van der Waals surface area contributed by atoms with E-state index in [1.807, 2.05) is 0 Å². The van der Waals surface area contributed by atoms with Crippen LogP contribution in [-0.4, -0.2) is 97.2 Å². The van der Waals surface area contributed by atoms with Crippen LogP contribution in [0.25, 0.3) is 20.4 Å². The van der Waals surface area contributed by atoms with E-state index >= 15 is 0 Å². The molecule has 0 aromatic carbocycles. The number of thiophene rings is 2. The standard InChI is InChI=1S/C17H20ClNO5S.C14H15NO5S.C3H6BrCl.CH2O3.2K.2H2S.H/c1-10(17(21)23-3)7-12(20)15-8-11-14(25-15)9-13(16(19-11)22-2)24-6-4-5-18;1-7(14(18)20-3)4-9(16)12-5-8-11(21-12)6-10(17)13(15-8)19-2;4-2-1-3-5;2-1-4-3;;;;;/h8-10H,4-7H2,1-3H3;5-7,17H,4H2,1-3H3;1-3H2;1,3H;;;2*1H2;/q;;;;2*+1;;;-1/p-1/t10-;7-;;;;;;;/m00......./s1. The Morgan fingerprint density at radius 3 is 1.59 bits per heavy atom. The van der Waals surface area contributed by atoms with Crippen molar-refractivity contribution in [3.63, 3.8) is 0 Å². The zero-order chi connectivity index (χ0) is 41.5. The SMILES string of the molecule is COC(=O)[C@@H](C)CC(=O)c1cc2nc(OC)c(O)cc2s1.COC(=O)[C@@H](C)CC(=O)c1cc2nc(OC)c(OCCCCl)cc2s1.ClCCCBr.O=CO[O-].S.S.[H-].[K+].[K+]. The number of halogens is 3. The molecule has 24 heteroatoms. The molecule has 0 amide bonds. The van der Waals surface area contributed by atoms with Crippen LogP contribution in [0.3, 0.4) is 0 Å². The van der Waals surface area contributed by atoms with Gasteiger partial charge in [-0.25, -0.2) is 9.97 Å². The number of methoxy groups -OCH3 is 4. The molecule has 0 aliphatic carbocycles. The Kier molecular flexibility index (Phi) is 41.8. The monoisotopic (exact) mass is 1060 g/mol. The van der Waals surface area contributed by atoms with Gasteiger partial charge in [-0.2, -0.15) is 27.0 Å². The van der Waals surface area contributed by atoms with E-state index < -0.39 is 23.8 Å². The van der Waals surface area contributed by atoms with Crippen LogP contribution >= 0.6 is 88.8 Å². The predicted molar refractivity (Wildman–Crippen MR) is 233 cm³/mol. The molecule has 15 nitrogen and oxygen atoms in total. The second kappa shape index (κ2) is 37.5. The van der Waals surface area contributed by atoms with Gasteiger partial charge in [0.2, 0.25) is 0 Å².